The normalized spacial score (nSPS) is 11.5. The number of nitrogens with zero attached hydrogens (tertiary/aromatic N) is 3. The molecule has 0 radical (unpaired) electrons. The number of alkyl halides is 3. The van der Waals surface area contributed by atoms with Gasteiger partial charge in [0.15, 0.2) is 5.82 Å². The monoisotopic (exact) mass is 459 g/mol. The van der Waals surface area contributed by atoms with Gasteiger partial charge in [-0.05, 0) is 24.3 Å². The fraction of sp³-hybridized carbons (Fsp3) is 0.176. The molecule has 0 bridgehead atoms. The third kappa shape index (κ3) is 4.39. The van der Waals surface area contributed by atoms with E-state index in [2.05, 4.69) is 10.2 Å². The Morgan fingerprint density at radius 3 is 2.60 bits per heavy atom. The van der Waals surface area contributed by atoms with Crippen molar-refractivity contribution >= 4 is 28.8 Å². The van der Waals surface area contributed by atoms with Crippen molar-refractivity contribution in [3.8, 4) is 11.5 Å². The van der Waals surface area contributed by atoms with Crippen molar-refractivity contribution in [2.24, 2.45) is 12.8 Å². The van der Waals surface area contributed by atoms with E-state index in [9.17, 15) is 22.8 Å². The smallest absolute Gasteiger partial charge is 0.420 e. The number of pyridine rings is 1. The zero-order valence-corrected chi connectivity index (χ0v) is 16.7. The number of rotatable bonds is 5. The summed E-state index contributed by atoms with van der Waals surface area (Å²) in [5.74, 6) is -0.995. The summed E-state index contributed by atoms with van der Waals surface area (Å²) >= 11 is 10.8. The molecule has 0 aliphatic heterocycles. The Morgan fingerprint density at radius 2 is 2.03 bits per heavy atom. The summed E-state index contributed by atoms with van der Waals surface area (Å²) in [7, 11) is 1.40. The summed E-state index contributed by atoms with van der Waals surface area (Å²) in [6, 6.07) is 4.59. The molecule has 0 aliphatic carbocycles. The number of ether oxygens (including phenoxy) is 1. The molecule has 3 aromatic rings. The number of nitrogens with one attached hydrogen (secondary N) is 1. The number of hydrogen-bond donors (Lipinski definition) is 2. The molecule has 0 fully saturated rings. The standard InChI is InChI=1S/C17H13ClF3N5O3S/c1-25-12(23-24-16(25)28)7-26-3-2-11(17(19,20)21)13(15(26)27)29-10-5-8(14(22)30)4-9(18)6-10/h2-6H,7H2,1H3,(H2,22,30)(H,24,28). The zero-order chi connectivity index (χ0) is 22.2. The van der Waals surface area contributed by atoms with E-state index in [-0.39, 0.29) is 33.7 Å². The molecule has 1 aromatic carbocycles. The summed E-state index contributed by atoms with van der Waals surface area (Å²) in [4.78, 5) is 24.2. The molecule has 3 N–H and O–H groups in total. The third-order valence-corrected chi connectivity index (χ3v) is 4.54. The second-order valence-corrected chi connectivity index (χ2v) is 7.01. The maximum Gasteiger partial charge on any atom is 0.420 e. The van der Waals surface area contributed by atoms with Crippen molar-refractivity contribution in [1.82, 2.24) is 19.3 Å². The number of aromatic amines is 1. The van der Waals surface area contributed by atoms with Gasteiger partial charge in [0.2, 0.25) is 5.75 Å². The largest absolute Gasteiger partial charge is 0.451 e. The van der Waals surface area contributed by atoms with Gasteiger partial charge < -0.3 is 15.0 Å². The van der Waals surface area contributed by atoms with Crippen LogP contribution in [0, 0.1) is 0 Å². The number of nitrogens with two attached hydrogens (primary N) is 1. The van der Waals surface area contributed by atoms with Gasteiger partial charge in [-0.3, -0.25) is 9.36 Å². The first-order valence-electron chi connectivity index (χ1n) is 8.16. The number of H-pyrrole nitrogens is 1. The van der Waals surface area contributed by atoms with Crippen LogP contribution in [-0.2, 0) is 19.8 Å². The molecule has 2 aromatic heterocycles. The first-order valence-corrected chi connectivity index (χ1v) is 8.95. The highest BCUT2D eigenvalue weighted by Gasteiger charge is 2.36. The maximum atomic E-state index is 13.5. The Morgan fingerprint density at radius 1 is 1.33 bits per heavy atom. The van der Waals surface area contributed by atoms with Crippen molar-refractivity contribution in [3.05, 3.63) is 73.3 Å². The van der Waals surface area contributed by atoms with Crippen LogP contribution in [0.15, 0.2) is 40.1 Å². The Kier molecular flexibility index (Phi) is 5.72. The second kappa shape index (κ2) is 7.95. The van der Waals surface area contributed by atoms with Gasteiger partial charge in [-0.1, -0.05) is 23.8 Å². The molecule has 0 atom stereocenters. The predicted molar refractivity (Wildman–Crippen MR) is 106 cm³/mol. The molecule has 0 saturated carbocycles. The van der Waals surface area contributed by atoms with E-state index in [0.29, 0.717) is 6.07 Å². The number of halogens is 4. The first-order chi connectivity index (χ1) is 14.0. The van der Waals surface area contributed by atoms with Gasteiger partial charge in [0.05, 0.1) is 6.54 Å². The number of hydrogen-bond acceptors (Lipinski definition) is 5. The molecule has 0 saturated heterocycles. The van der Waals surface area contributed by atoms with Crippen molar-refractivity contribution in [2.45, 2.75) is 12.7 Å². The lowest BCUT2D eigenvalue weighted by atomic mass is 10.2. The van der Waals surface area contributed by atoms with Crippen molar-refractivity contribution in [2.75, 3.05) is 0 Å². The average Bonchev–Trinajstić information content (AvgIpc) is 2.95. The van der Waals surface area contributed by atoms with E-state index in [1.165, 1.54) is 25.2 Å². The lowest BCUT2D eigenvalue weighted by Gasteiger charge is -2.16. The SMILES string of the molecule is Cn1c(Cn2ccc(C(F)(F)F)c(Oc3cc(Cl)cc(C(N)=S)c3)c2=O)n[nH]c1=O. The van der Waals surface area contributed by atoms with Crippen LogP contribution in [0.3, 0.4) is 0 Å². The number of aromatic nitrogens is 4. The van der Waals surface area contributed by atoms with Crippen LogP contribution >= 0.6 is 23.8 Å². The third-order valence-electron chi connectivity index (χ3n) is 4.09. The fourth-order valence-electron chi connectivity index (χ4n) is 2.55. The summed E-state index contributed by atoms with van der Waals surface area (Å²) < 4.78 is 47.8. The quantitative estimate of drug-likeness (QED) is 0.567. The highest BCUT2D eigenvalue weighted by atomic mass is 35.5. The molecule has 13 heteroatoms. The zero-order valence-electron chi connectivity index (χ0n) is 15.2. The molecule has 2 heterocycles. The van der Waals surface area contributed by atoms with E-state index in [0.717, 1.165) is 15.3 Å². The van der Waals surface area contributed by atoms with E-state index in [1.54, 1.807) is 0 Å². The molecule has 30 heavy (non-hydrogen) atoms. The minimum absolute atomic E-state index is 0.0525. The molecule has 8 nitrogen and oxygen atoms in total. The Labute approximate surface area is 176 Å². The summed E-state index contributed by atoms with van der Waals surface area (Å²) in [5.41, 5.74) is 2.88. The lowest BCUT2D eigenvalue weighted by Crippen LogP contribution is -2.26. The van der Waals surface area contributed by atoms with Gasteiger partial charge in [0, 0.05) is 23.8 Å². The minimum atomic E-state index is -4.86. The highest BCUT2D eigenvalue weighted by Crippen LogP contribution is 2.36. The lowest BCUT2D eigenvalue weighted by molar-refractivity contribution is -0.138. The van der Waals surface area contributed by atoms with Crippen LogP contribution in [0.5, 0.6) is 11.5 Å². The fourth-order valence-corrected chi connectivity index (χ4v) is 2.90. The number of thiocarbonyl (C=S) groups is 1. The van der Waals surface area contributed by atoms with E-state index in [1.807, 2.05) is 0 Å². The summed E-state index contributed by atoms with van der Waals surface area (Å²) in [6.45, 7) is -0.268. The van der Waals surface area contributed by atoms with Gasteiger partial charge >= 0.3 is 11.9 Å². The van der Waals surface area contributed by atoms with Gasteiger partial charge in [0.1, 0.15) is 16.3 Å². The molecule has 158 valence electrons. The molecular weight excluding hydrogens is 447 g/mol. The van der Waals surface area contributed by atoms with Gasteiger partial charge in [-0.15, -0.1) is 0 Å². The van der Waals surface area contributed by atoms with E-state index < -0.39 is 28.7 Å². The molecule has 0 amide bonds. The second-order valence-electron chi connectivity index (χ2n) is 6.14. The summed E-state index contributed by atoms with van der Waals surface area (Å²) in [5, 5.41) is 6.02. The van der Waals surface area contributed by atoms with Crippen LogP contribution in [0.1, 0.15) is 17.0 Å². The topological polar surface area (TPSA) is 108 Å². The Hall–Kier alpha value is -3.12. The first kappa shape index (κ1) is 21.6. The molecule has 3 rings (SSSR count). The van der Waals surface area contributed by atoms with Crippen LogP contribution in [0.25, 0.3) is 0 Å². The molecule has 0 spiro atoms. The minimum Gasteiger partial charge on any atom is -0.451 e. The van der Waals surface area contributed by atoms with Crippen molar-refractivity contribution in [3.63, 3.8) is 0 Å². The predicted octanol–water partition coefficient (Wildman–Crippen LogP) is 2.42. The van der Waals surface area contributed by atoms with Crippen molar-refractivity contribution < 1.29 is 17.9 Å². The molecule has 0 aliphatic rings. The molecule has 0 unspecified atom stereocenters. The number of benzene rings is 1. The van der Waals surface area contributed by atoms with E-state index in [4.69, 9.17) is 34.3 Å². The van der Waals surface area contributed by atoms with Crippen LogP contribution < -0.4 is 21.7 Å². The van der Waals surface area contributed by atoms with Gasteiger partial charge in [-0.25, -0.2) is 9.89 Å². The van der Waals surface area contributed by atoms with Crippen LogP contribution in [0.4, 0.5) is 13.2 Å². The Balaban J connectivity index is 2.11. The highest BCUT2D eigenvalue weighted by molar-refractivity contribution is 7.80. The van der Waals surface area contributed by atoms with E-state index >= 15 is 0 Å². The summed E-state index contributed by atoms with van der Waals surface area (Å²) in [6.07, 6.45) is -3.92. The van der Waals surface area contributed by atoms with Crippen molar-refractivity contribution in [1.29, 1.82) is 0 Å². The molecular formula is C17H13ClF3N5O3S. The maximum absolute atomic E-state index is 13.5. The van der Waals surface area contributed by atoms with Gasteiger partial charge in [-0.2, -0.15) is 18.3 Å². The van der Waals surface area contributed by atoms with Crippen LogP contribution in [0.2, 0.25) is 5.02 Å². The van der Waals surface area contributed by atoms with Crippen LogP contribution in [-0.4, -0.2) is 24.3 Å². The van der Waals surface area contributed by atoms with Gasteiger partial charge in [0.25, 0.3) is 5.56 Å². The average molecular weight is 460 g/mol. The Bertz CT molecular complexity index is 1250.